The molecular formula is C15H23N3O2. The van der Waals surface area contributed by atoms with Gasteiger partial charge in [-0.3, -0.25) is 5.32 Å². The number of carbonyl (C=O) groups is 1. The van der Waals surface area contributed by atoms with Gasteiger partial charge in [0.15, 0.2) is 0 Å². The summed E-state index contributed by atoms with van der Waals surface area (Å²) in [5.74, 6) is 0. The minimum atomic E-state index is -0.791. The van der Waals surface area contributed by atoms with E-state index in [-0.39, 0.29) is 12.1 Å². The van der Waals surface area contributed by atoms with Gasteiger partial charge in [0, 0.05) is 0 Å². The third-order valence-corrected chi connectivity index (χ3v) is 2.22. The summed E-state index contributed by atoms with van der Waals surface area (Å²) in [6.07, 6.45) is -0.508. The highest BCUT2D eigenvalue weighted by Crippen LogP contribution is 2.13. The summed E-state index contributed by atoms with van der Waals surface area (Å²) < 4.78 is 5.14. The van der Waals surface area contributed by atoms with Crippen LogP contribution in [-0.4, -0.2) is 17.3 Å². The highest BCUT2D eigenvalue weighted by atomic mass is 16.5. The Morgan fingerprint density at radius 1 is 1.10 bits per heavy atom. The molecule has 0 heterocycles. The van der Waals surface area contributed by atoms with Crippen LogP contribution in [0, 0.1) is 0 Å². The molecule has 0 bridgehead atoms. The van der Waals surface area contributed by atoms with Crippen molar-refractivity contribution in [3.8, 4) is 0 Å². The van der Waals surface area contributed by atoms with Gasteiger partial charge in [0.2, 0.25) is 0 Å². The minimum Gasteiger partial charge on any atom is -0.445 e. The zero-order chi connectivity index (χ0) is 15.2. The summed E-state index contributed by atoms with van der Waals surface area (Å²) in [7, 11) is 0. The van der Waals surface area contributed by atoms with Crippen molar-refractivity contribution in [1.82, 2.24) is 5.32 Å². The smallest absolute Gasteiger partial charge is 0.409 e. The number of carbonyl (C=O) groups excluding carboxylic acids is 1. The number of benzene rings is 1. The first-order valence-corrected chi connectivity index (χ1v) is 6.61. The van der Waals surface area contributed by atoms with Crippen LogP contribution in [0.25, 0.3) is 0 Å². The second kappa shape index (κ2) is 6.50. The number of ether oxygens (including phenoxy) is 1. The SMILES string of the molecule is CC(C)(C)/N=N/C(C)(C)NC(=O)OCc1ccccc1. The van der Waals surface area contributed by atoms with Gasteiger partial charge in [0.05, 0.1) is 5.54 Å². The maximum Gasteiger partial charge on any atom is 0.409 e. The Bertz CT molecular complexity index is 462. The van der Waals surface area contributed by atoms with Crippen molar-refractivity contribution >= 4 is 6.09 Å². The number of alkyl carbamates (subject to hydrolysis) is 1. The number of azo groups is 1. The van der Waals surface area contributed by atoms with Crippen LogP contribution in [-0.2, 0) is 11.3 Å². The van der Waals surface area contributed by atoms with E-state index in [1.54, 1.807) is 13.8 Å². The predicted octanol–water partition coefficient (Wildman–Crippen LogP) is 3.90. The second-order valence-electron chi connectivity index (χ2n) is 6.12. The van der Waals surface area contributed by atoms with Crippen LogP contribution in [0.15, 0.2) is 40.6 Å². The quantitative estimate of drug-likeness (QED) is 0.848. The maximum absolute atomic E-state index is 11.7. The molecule has 0 aliphatic rings. The molecule has 1 amide bonds. The number of amides is 1. The Hall–Kier alpha value is -1.91. The Morgan fingerprint density at radius 3 is 2.25 bits per heavy atom. The molecule has 0 atom stereocenters. The molecule has 1 N–H and O–H groups in total. The van der Waals surface area contributed by atoms with Crippen molar-refractivity contribution in [1.29, 1.82) is 0 Å². The van der Waals surface area contributed by atoms with E-state index in [1.807, 2.05) is 51.1 Å². The van der Waals surface area contributed by atoms with E-state index in [1.165, 1.54) is 0 Å². The molecule has 0 saturated carbocycles. The number of hydrogen-bond acceptors (Lipinski definition) is 4. The molecule has 0 spiro atoms. The van der Waals surface area contributed by atoms with Crippen molar-refractivity contribution in [2.24, 2.45) is 10.2 Å². The van der Waals surface area contributed by atoms with Crippen molar-refractivity contribution in [3.05, 3.63) is 35.9 Å². The lowest BCUT2D eigenvalue weighted by molar-refractivity contribution is 0.129. The van der Waals surface area contributed by atoms with Crippen molar-refractivity contribution in [2.75, 3.05) is 0 Å². The van der Waals surface area contributed by atoms with Crippen molar-refractivity contribution in [3.63, 3.8) is 0 Å². The van der Waals surface area contributed by atoms with Crippen LogP contribution in [0.1, 0.15) is 40.2 Å². The summed E-state index contributed by atoms with van der Waals surface area (Å²) in [5.41, 5.74) is -0.120. The lowest BCUT2D eigenvalue weighted by Gasteiger charge is -2.21. The molecule has 0 aliphatic carbocycles. The van der Waals surface area contributed by atoms with Crippen LogP contribution in [0.4, 0.5) is 4.79 Å². The number of nitrogens with zero attached hydrogens (tertiary/aromatic N) is 2. The Labute approximate surface area is 120 Å². The Balaban J connectivity index is 2.47. The van der Waals surface area contributed by atoms with Gasteiger partial charge in [0.25, 0.3) is 0 Å². The third-order valence-electron chi connectivity index (χ3n) is 2.22. The summed E-state index contributed by atoms with van der Waals surface area (Å²) in [4.78, 5) is 11.7. The van der Waals surface area contributed by atoms with Gasteiger partial charge in [-0.15, -0.1) is 0 Å². The van der Waals surface area contributed by atoms with Crippen LogP contribution in [0.5, 0.6) is 0 Å². The van der Waals surface area contributed by atoms with Gasteiger partial charge in [0.1, 0.15) is 12.3 Å². The standard InChI is InChI=1S/C15H23N3O2/c1-14(2,3)17-18-15(4,5)16-13(19)20-11-12-9-7-6-8-10-12/h6-10H,11H2,1-5H3,(H,16,19)/b18-17+. The average Bonchev–Trinajstić information content (AvgIpc) is 2.34. The first-order valence-electron chi connectivity index (χ1n) is 6.61. The lowest BCUT2D eigenvalue weighted by atomic mass is 10.1. The first kappa shape index (κ1) is 16.1. The highest BCUT2D eigenvalue weighted by Gasteiger charge is 2.21. The molecule has 0 unspecified atom stereocenters. The van der Waals surface area contributed by atoms with Crippen LogP contribution in [0.3, 0.4) is 0 Å². The van der Waals surface area contributed by atoms with E-state index in [9.17, 15) is 4.79 Å². The van der Waals surface area contributed by atoms with Gasteiger partial charge in [-0.05, 0) is 40.2 Å². The van der Waals surface area contributed by atoms with E-state index < -0.39 is 11.8 Å². The average molecular weight is 277 g/mol. The van der Waals surface area contributed by atoms with E-state index in [2.05, 4.69) is 15.5 Å². The highest BCUT2D eigenvalue weighted by molar-refractivity contribution is 5.68. The van der Waals surface area contributed by atoms with E-state index in [4.69, 9.17) is 4.74 Å². The molecule has 0 radical (unpaired) electrons. The largest absolute Gasteiger partial charge is 0.445 e. The normalized spacial score (nSPS) is 12.4. The van der Waals surface area contributed by atoms with E-state index in [0.717, 1.165) is 5.56 Å². The van der Waals surface area contributed by atoms with Gasteiger partial charge < -0.3 is 4.74 Å². The van der Waals surface area contributed by atoms with Gasteiger partial charge in [-0.25, -0.2) is 4.79 Å². The fourth-order valence-electron chi connectivity index (χ4n) is 1.31. The van der Waals surface area contributed by atoms with E-state index in [0.29, 0.717) is 0 Å². The number of hydrogen-bond donors (Lipinski definition) is 1. The molecule has 5 nitrogen and oxygen atoms in total. The third kappa shape index (κ3) is 6.87. The Kier molecular flexibility index (Phi) is 5.25. The summed E-state index contributed by atoms with van der Waals surface area (Å²) >= 11 is 0. The van der Waals surface area contributed by atoms with Crippen molar-refractivity contribution in [2.45, 2.75) is 52.4 Å². The monoisotopic (exact) mass is 277 g/mol. The zero-order valence-corrected chi connectivity index (χ0v) is 12.8. The summed E-state index contributed by atoms with van der Waals surface area (Å²) in [6, 6.07) is 9.52. The van der Waals surface area contributed by atoms with Gasteiger partial charge >= 0.3 is 6.09 Å². The Morgan fingerprint density at radius 2 is 1.70 bits per heavy atom. The van der Waals surface area contributed by atoms with E-state index >= 15 is 0 Å². The fraction of sp³-hybridized carbons (Fsp3) is 0.533. The molecule has 5 heteroatoms. The fourth-order valence-corrected chi connectivity index (χ4v) is 1.31. The molecule has 20 heavy (non-hydrogen) atoms. The van der Waals surface area contributed by atoms with Crippen LogP contribution >= 0.6 is 0 Å². The topological polar surface area (TPSA) is 63.0 Å². The molecule has 0 saturated heterocycles. The summed E-state index contributed by atoms with van der Waals surface area (Å²) in [6.45, 7) is 9.61. The zero-order valence-electron chi connectivity index (χ0n) is 12.8. The maximum atomic E-state index is 11.7. The molecule has 0 aromatic heterocycles. The van der Waals surface area contributed by atoms with Crippen LogP contribution in [0.2, 0.25) is 0 Å². The predicted molar refractivity (Wildman–Crippen MR) is 78.5 cm³/mol. The molecule has 0 aliphatic heterocycles. The molecule has 1 aromatic rings. The molecule has 1 rings (SSSR count). The second-order valence-corrected chi connectivity index (χ2v) is 6.12. The number of rotatable bonds is 4. The minimum absolute atomic E-state index is 0.235. The van der Waals surface area contributed by atoms with Gasteiger partial charge in [-0.2, -0.15) is 10.2 Å². The molecule has 1 aromatic carbocycles. The lowest BCUT2D eigenvalue weighted by Crippen LogP contribution is -2.42. The summed E-state index contributed by atoms with van der Waals surface area (Å²) in [5, 5.41) is 11.0. The molecular weight excluding hydrogens is 254 g/mol. The first-order chi connectivity index (χ1) is 9.18. The van der Waals surface area contributed by atoms with Gasteiger partial charge in [-0.1, -0.05) is 30.3 Å². The van der Waals surface area contributed by atoms with Crippen LogP contribution < -0.4 is 5.32 Å². The van der Waals surface area contributed by atoms with Crippen molar-refractivity contribution < 1.29 is 9.53 Å². The molecule has 0 fully saturated rings. The number of nitrogens with one attached hydrogen (secondary N) is 1. The molecule has 110 valence electrons.